The van der Waals surface area contributed by atoms with Crippen LogP contribution in [-0.2, 0) is 15.7 Å². The fourth-order valence-electron chi connectivity index (χ4n) is 1.84. The minimum atomic E-state index is -4.48. The number of alkyl halides is 3. The lowest BCUT2D eigenvalue weighted by molar-refractivity contribution is -0.137. The van der Waals surface area contributed by atoms with Crippen molar-refractivity contribution >= 4 is 17.6 Å². The quantitative estimate of drug-likeness (QED) is 0.861. The lowest BCUT2D eigenvalue weighted by Crippen LogP contribution is -2.30. The van der Waals surface area contributed by atoms with Gasteiger partial charge in [0, 0.05) is 5.69 Å². The normalized spacial score (nSPS) is 12.3. The van der Waals surface area contributed by atoms with Crippen LogP contribution in [0, 0.1) is 0 Å². The molecule has 24 heavy (non-hydrogen) atoms. The van der Waals surface area contributed by atoms with Gasteiger partial charge in [0.1, 0.15) is 0 Å². The summed E-state index contributed by atoms with van der Waals surface area (Å²) in [6.07, 6.45) is -5.58. The molecule has 0 fully saturated rings. The van der Waals surface area contributed by atoms with Crippen LogP contribution >= 0.6 is 0 Å². The van der Waals surface area contributed by atoms with E-state index in [9.17, 15) is 22.8 Å². The maximum absolute atomic E-state index is 12.5. The van der Waals surface area contributed by atoms with Gasteiger partial charge in [-0.15, -0.1) is 0 Å². The van der Waals surface area contributed by atoms with Crippen LogP contribution < -0.4 is 5.32 Å². The maximum Gasteiger partial charge on any atom is 0.416 e. The fourth-order valence-corrected chi connectivity index (χ4v) is 1.84. The maximum atomic E-state index is 12.5. The lowest BCUT2D eigenvalue weighted by Gasteiger charge is -2.14. The van der Waals surface area contributed by atoms with Crippen molar-refractivity contribution in [2.75, 3.05) is 5.32 Å². The number of amides is 1. The van der Waals surface area contributed by atoms with E-state index in [1.54, 1.807) is 30.3 Å². The molecule has 0 bridgehead atoms. The number of anilines is 1. The van der Waals surface area contributed by atoms with E-state index >= 15 is 0 Å². The van der Waals surface area contributed by atoms with Crippen LogP contribution in [0.1, 0.15) is 22.8 Å². The van der Waals surface area contributed by atoms with E-state index in [1.165, 1.54) is 6.92 Å². The van der Waals surface area contributed by atoms with E-state index in [1.807, 2.05) is 0 Å². The van der Waals surface area contributed by atoms with Crippen molar-refractivity contribution in [3.05, 3.63) is 65.7 Å². The second-order valence-electron chi connectivity index (χ2n) is 4.98. The smallest absolute Gasteiger partial charge is 0.416 e. The number of benzene rings is 2. The van der Waals surface area contributed by atoms with Gasteiger partial charge in [-0.2, -0.15) is 13.2 Å². The summed E-state index contributed by atoms with van der Waals surface area (Å²) in [7, 11) is 0. The van der Waals surface area contributed by atoms with E-state index in [0.717, 1.165) is 24.3 Å². The molecule has 1 atom stereocenters. The van der Waals surface area contributed by atoms with Crippen molar-refractivity contribution in [3.8, 4) is 0 Å². The Labute approximate surface area is 136 Å². The number of rotatable bonds is 4. The molecule has 0 aliphatic heterocycles. The summed E-state index contributed by atoms with van der Waals surface area (Å²) in [5, 5.41) is 2.56. The molecule has 2 aromatic rings. The van der Waals surface area contributed by atoms with E-state index in [2.05, 4.69) is 5.32 Å². The first-order chi connectivity index (χ1) is 11.3. The summed E-state index contributed by atoms with van der Waals surface area (Å²) < 4.78 is 42.4. The fraction of sp³-hybridized carbons (Fsp3) is 0.176. The molecule has 0 aliphatic carbocycles. The molecule has 0 heterocycles. The number of hydrogen-bond donors (Lipinski definition) is 1. The molecule has 2 rings (SSSR count). The number of carbonyl (C=O) groups excluding carboxylic acids is 2. The van der Waals surface area contributed by atoms with E-state index in [4.69, 9.17) is 4.74 Å². The van der Waals surface area contributed by atoms with Crippen LogP contribution in [0.5, 0.6) is 0 Å². The van der Waals surface area contributed by atoms with E-state index in [-0.39, 0.29) is 5.56 Å². The highest BCUT2D eigenvalue weighted by Gasteiger charge is 2.30. The molecule has 0 unspecified atom stereocenters. The molecule has 0 saturated heterocycles. The van der Waals surface area contributed by atoms with Gasteiger partial charge in [-0.1, -0.05) is 18.2 Å². The monoisotopic (exact) mass is 337 g/mol. The molecule has 0 aliphatic rings. The molecule has 0 aromatic heterocycles. The molecule has 0 spiro atoms. The summed E-state index contributed by atoms with van der Waals surface area (Å²) in [5.41, 5.74) is -0.392. The molecular formula is C17H14F3NO3. The third-order valence-electron chi connectivity index (χ3n) is 3.14. The van der Waals surface area contributed by atoms with Crippen LogP contribution in [0.3, 0.4) is 0 Å². The molecule has 1 N–H and O–H groups in total. The first-order valence-corrected chi connectivity index (χ1v) is 7.01. The van der Waals surface area contributed by atoms with Gasteiger partial charge in [-0.05, 0) is 43.3 Å². The average molecular weight is 337 g/mol. The molecule has 0 saturated carbocycles. The Hall–Kier alpha value is -2.83. The molecular weight excluding hydrogens is 323 g/mol. The second-order valence-corrected chi connectivity index (χ2v) is 4.98. The summed E-state index contributed by atoms with van der Waals surface area (Å²) in [4.78, 5) is 23.8. The van der Waals surface area contributed by atoms with Crippen LogP contribution in [-0.4, -0.2) is 18.0 Å². The predicted molar refractivity (Wildman–Crippen MR) is 81.4 cm³/mol. The zero-order valence-corrected chi connectivity index (χ0v) is 12.6. The van der Waals surface area contributed by atoms with Crippen LogP contribution in [0.15, 0.2) is 54.6 Å². The molecule has 4 nitrogen and oxygen atoms in total. The Kier molecular flexibility index (Phi) is 5.23. The largest absolute Gasteiger partial charge is 0.449 e. The third kappa shape index (κ3) is 4.58. The number of para-hydroxylation sites is 1. The van der Waals surface area contributed by atoms with E-state index < -0.39 is 29.7 Å². The first kappa shape index (κ1) is 17.5. The molecule has 7 heteroatoms. The number of carbonyl (C=O) groups is 2. The molecule has 126 valence electrons. The Morgan fingerprint density at radius 2 is 1.58 bits per heavy atom. The van der Waals surface area contributed by atoms with Gasteiger partial charge in [0.05, 0.1) is 11.1 Å². The second kappa shape index (κ2) is 7.16. The average Bonchev–Trinajstić information content (AvgIpc) is 2.55. The zero-order valence-electron chi connectivity index (χ0n) is 12.6. The van der Waals surface area contributed by atoms with Gasteiger partial charge >= 0.3 is 12.1 Å². The molecule has 1 amide bonds. The van der Waals surface area contributed by atoms with Gasteiger partial charge in [-0.25, -0.2) is 4.79 Å². The van der Waals surface area contributed by atoms with Crippen LogP contribution in [0.2, 0.25) is 0 Å². The minimum Gasteiger partial charge on any atom is -0.449 e. The lowest BCUT2D eigenvalue weighted by atomic mass is 10.1. The standard InChI is InChI=1S/C17H14F3NO3/c1-11(15(22)21-14-5-3-2-4-6-14)24-16(23)12-7-9-13(10-8-12)17(18,19)20/h2-11H,1H3,(H,21,22)/t11-/m1/s1. The number of hydrogen-bond acceptors (Lipinski definition) is 3. The highest BCUT2D eigenvalue weighted by molar-refractivity contribution is 5.97. The van der Waals surface area contributed by atoms with Crippen molar-refractivity contribution in [1.29, 1.82) is 0 Å². The topological polar surface area (TPSA) is 55.4 Å². The highest BCUT2D eigenvalue weighted by Crippen LogP contribution is 2.29. The van der Waals surface area contributed by atoms with E-state index in [0.29, 0.717) is 5.69 Å². The van der Waals surface area contributed by atoms with Crippen LogP contribution in [0.4, 0.5) is 18.9 Å². The summed E-state index contributed by atoms with van der Waals surface area (Å²) in [6.45, 7) is 1.38. The Morgan fingerprint density at radius 3 is 2.12 bits per heavy atom. The summed E-state index contributed by atoms with van der Waals surface area (Å²) in [5.74, 6) is -1.42. The number of halogens is 3. The summed E-state index contributed by atoms with van der Waals surface area (Å²) in [6, 6.07) is 12.2. The predicted octanol–water partition coefficient (Wildman–Crippen LogP) is 3.89. The van der Waals surface area contributed by atoms with Gasteiger partial charge in [-0.3, -0.25) is 4.79 Å². The number of esters is 1. The molecule has 2 aromatic carbocycles. The highest BCUT2D eigenvalue weighted by atomic mass is 19.4. The van der Waals surface area contributed by atoms with Crippen molar-refractivity contribution < 1.29 is 27.5 Å². The first-order valence-electron chi connectivity index (χ1n) is 7.01. The Morgan fingerprint density at radius 1 is 1.00 bits per heavy atom. The van der Waals surface area contributed by atoms with Crippen molar-refractivity contribution in [3.63, 3.8) is 0 Å². The van der Waals surface area contributed by atoms with Crippen molar-refractivity contribution in [2.45, 2.75) is 19.2 Å². The minimum absolute atomic E-state index is 0.0673. The van der Waals surface area contributed by atoms with Gasteiger partial charge in [0.2, 0.25) is 0 Å². The van der Waals surface area contributed by atoms with Crippen LogP contribution in [0.25, 0.3) is 0 Å². The summed E-state index contributed by atoms with van der Waals surface area (Å²) >= 11 is 0. The zero-order chi connectivity index (χ0) is 17.7. The van der Waals surface area contributed by atoms with Gasteiger partial charge in [0.25, 0.3) is 5.91 Å². The van der Waals surface area contributed by atoms with Crippen molar-refractivity contribution in [2.24, 2.45) is 0 Å². The SMILES string of the molecule is C[C@@H](OC(=O)c1ccc(C(F)(F)F)cc1)C(=O)Nc1ccccc1. The third-order valence-corrected chi connectivity index (χ3v) is 3.14. The molecule has 0 radical (unpaired) electrons. The van der Waals surface area contributed by atoms with Gasteiger partial charge in [0.15, 0.2) is 6.10 Å². The van der Waals surface area contributed by atoms with Crippen molar-refractivity contribution in [1.82, 2.24) is 0 Å². The number of ether oxygens (including phenoxy) is 1. The number of nitrogens with one attached hydrogen (secondary N) is 1. The Balaban J connectivity index is 1.97. The van der Waals surface area contributed by atoms with Gasteiger partial charge < -0.3 is 10.1 Å². The Bertz CT molecular complexity index is 712.